The highest BCUT2D eigenvalue weighted by molar-refractivity contribution is 7.89. The van der Waals surface area contributed by atoms with Crippen LogP contribution in [0, 0.1) is 0 Å². The lowest BCUT2D eigenvalue weighted by atomic mass is 10.1. The van der Waals surface area contributed by atoms with Crippen LogP contribution in [0.4, 0.5) is 0 Å². The average molecular weight is 339 g/mol. The van der Waals surface area contributed by atoms with E-state index >= 15 is 0 Å². The number of hydrogen-bond donors (Lipinski definition) is 0. The summed E-state index contributed by atoms with van der Waals surface area (Å²) in [5, 5.41) is 1.02. The van der Waals surface area contributed by atoms with Crippen LogP contribution in [-0.2, 0) is 16.6 Å². The standard InChI is InChI=1S/C18H17N3O2S/c22-24(23,17-7-3-10-19-12-17)21(16-8-9-16)13-15-5-1-4-14-6-2-11-20-18(14)15/h1-7,10-12,16H,8-9,13H2. The van der Waals surface area contributed by atoms with Crippen molar-refractivity contribution in [1.82, 2.24) is 14.3 Å². The second kappa shape index (κ2) is 5.96. The van der Waals surface area contributed by atoms with Crippen molar-refractivity contribution in [2.24, 2.45) is 0 Å². The molecule has 0 amide bonds. The number of fused-ring (bicyclic) bond motifs is 1. The van der Waals surface area contributed by atoms with Crippen molar-refractivity contribution in [2.45, 2.75) is 30.3 Å². The molecule has 3 aromatic rings. The molecule has 2 aromatic heterocycles. The monoisotopic (exact) mass is 339 g/mol. The Bertz CT molecular complexity index is 964. The predicted molar refractivity (Wildman–Crippen MR) is 91.7 cm³/mol. The van der Waals surface area contributed by atoms with Crippen molar-refractivity contribution < 1.29 is 8.42 Å². The van der Waals surface area contributed by atoms with Crippen molar-refractivity contribution >= 4 is 20.9 Å². The highest BCUT2D eigenvalue weighted by Gasteiger charge is 2.38. The molecule has 0 atom stereocenters. The Morgan fingerprint density at radius 2 is 1.83 bits per heavy atom. The van der Waals surface area contributed by atoms with Gasteiger partial charge in [-0.25, -0.2) is 8.42 Å². The van der Waals surface area contributed by atoms with Crippen LogP contribution in [0.25, 0.3) is 10.9 Å². The molecule has 1 aliphatic rings. The minimum Gasteiger partial charge on any atom is -0.263 e. The van der Waals surface area contributed by atoms with E-state index in [2.05, 4.69) is 9.97 Å². The minimum atomic E-state index is -3.56. The Balaban J connectivity index is 1.75. The molecule has 6 heteroatoms. The van der Waals surface area contributed by atoms with Gasteiger partial charge < -0.3 is 0 Å². The van der Waals surface area contributed by atoms with Gasteiger partial charge in [-0.15, -0.1) is 0 Å². The number of para-hydroxylation sites is 1. The maximum atomic E-state index is 13.0. The number of nitrogens with zero attached hydrogens (tertiary/aromatic N) is 3. The van der Waals surface area contributed by atoms with Crippen molar-refractivity contribution in [2.75, 3.05) is 0 Å². The van der Waals surface area contributed by atoms with Crippen LogP contribution < -0.4 is 0 Å². The van der Waals surface area contributed by atoms with Gasteiger partial charge in [0.15, 0.2) is 0 Å². The minimum absolute atomic E-state index is 0.0641. The van der Waals surface area contributed by atoms with Crippen molar-refractivity contribution in [3.05, 3.63) is 66.6 Å². The van der Waals surface area contributed by atoms with Gasteiger partial charge in [0.05, 0.1) is 5.52 Å². The lowest BCUT2D eigenvalue weighted by Crippen LogP contribution is -2.32. The zero-order valence-electron chi connectivity index (χ0n) is 13.0. The smallest absolute Gasteiger partial charge is 0.245 e. The average Bonchev–Trinajstić information content (AvgIpc) is 3.45. The second-order valence-electron chi connectivity index (χ2n) is 5.96. The summed E-state index contributed by atoms with van der Waals surface area (Å²) in [7, 11) is -3.56. The van der Waals surface area contributed by atoms with Crippen LogP contribution in [0.1, 0.15) is 18.4 Å². The maximum Gasteiger partial charge on any atom is 0.245 e. The molecule has 1 aromatic carbocycles. The quantitative estimate of drug-likeness (QED) is 0.717. The van der Waals surface area contributed by atoms with Gasteiger partial charge in [-0.2, -0.15) is 4.31 Å². The molecule has 2 heterocycles. The fourth-order valence-electron chi connectivity index (χ4n) is 2.87. The number of rotatable bonds is 5. The summed E-state index contributed by atoms with van der Waals surface area (Å²) in [6.45, 7) is 0.330. The lowest BCUT2D eigenvalue weighted by molar-refractivity contribution is 0.399. The summed E-state index contributed by atoms with van der Waals surface area (Å²) < 4.78 is 27.6. The van der Waals surface area contributed by atoms with E-state index in [1.165, 1.54) is 6.20 Å². The summed E-state index contributed by atoms with van der Waals surface area (Å²) >= 11 is 0. The molecule has 0 radical (unpaired) electrons. The molecule has 0 N–H and O–H groups in total. The molecule has 0 aliphatic heterocycles. The van der Waals surface area contributed by atoms with Crippen LogP contribution in [0.2, 0.25) is 0 Å². The molecule has 122 valence electrons. The van der Waals surface area contributed by atoms with Crippen LogP contribution in [0.3, 0.4) is 0 Å². The molecular formula is C18H17N3O2S. The van der Waals surface area contributed by atoms with Gasteiger partial charge >= 0.3 is 0 Å². The number of hydrogen-bond acceptors (Lipinski definition) is 4. The van der Waals surface area contributed by atoms with E-state index in [0.717, 1.165) is 29.3 Å². The van der Waals surface area contributed by atoms with E-state index in [4.69, 9.17) is 0 Å². The number of sulfonamides is 1. The Morgan fingerprint density at radius 1 is 1.04 bits per heavy atom. The van der Waals surface area contributed by atoms with Crippen LogP contribution in [0.5, 0.6) is 0 Å². The summed E-state index contributed by atoms with van der Waals surface area (Å²) in [4.78, 5) is 8.63. The summed E-state index contributed by atoms with van der Waals surface area (Å²) in [6, 6.07) is 13.1. The molecular weight excluding hydrogens is 322 g/mol. The molecule has 0 saturated heterocycles. The van der Waals surface area contributed by atoms with Crippen LogP contribution in [-0.4, -0.2) is 28.7 Å². The normalized spacial score (nSPS) is 15.0. The van der Waals surface area contributed by atoms with E-state index < -0.39 is 10.0 Å². The van der Waals surface area contributed by atoms with Gasteiger partial charge in [0.2, 0.25) is 10.0 Å². The second-order valence-corrected chi connectivity index (χ2v) is 7.85. The number of benzene rings is 1. The van der Waals surface area contributed by atoms with E-state index in [0.29, 0.717) is 6.54 Å². The third-order valence-electron chi connectivity index (χ3n) is 4.24. The first-order chi connectivity index (χ1) is 11.7. The van der Waals surface area contributed by atoms with E-state index in [1.807, 2.05) is 30.3 Å². The Labute approximate surface area is 141 Å². The number of aromatic nitrogens is 2. The Morgan fingerprint density at radius 3 is 2.58 bits per heavy atom. The molecule has 1 fully saturated rings. The Kier molecular flexibility index (Phi) is 3.78. The topological polar surface area (TPSA) is 63.2 Å². The predicted octanol–water partition coefficient (Wildman–Crippen LogP) is 2.98. The summed E-state index contributed by atoms with van der Waals surface area (Å²) in [5.74, 6) is 0. The largest absolute Gasteiger partial charge is 0.263 e. The molecule has 0 spiro atoms. The van der Waals surface area contributed by atoms with Crippen LogP contribution in [0.15, 0.2) is 66.0 Å². The first kappa shape index (κ1) is 15.2. The van der Waals surface area contributed by atoms with Gasteiger partial charge in [0.25, 0.3) is 0 Å². The number of pyridine rings is 2. The van der Waals surface area contributed by atoms with E-state index in [-0.39, 0.29) is 10.9 Å². The molecule has 1 aliphatic carbocycles. The zero-order chi connectivity index (χ0) is 16.6. The fraction of sp³-hybridized carbons (Fsp3) is 0.222. The summed E-state index contributed by atoms with van der Waals surface area (Å²) in [6.07, 6.45) is 6.53. The zero-order valence-corrected chi connectivity index (χ0v) is 13.9. The van der Waals surface area contributed by atoms with Gasteiger partial charge in [-0.3, -0.25) is 9.97 Å². The molecule has 0 bridgehead atoms. The van der Waals surface area contributed by atoms with Gasteiger partial charge in [0.1, 0.15) is 4.90 Å². The van der Waals surface area contributed by atoms with Crippen molar-refractivity contribution in [1.29, 1.82) is 0 Å². The van der Waals surface area contributed by atoms with Crippen molar-refractivity contribution in [3.8, 4) is 0 Å². The van der Waals surface area contributed by atoms with E-state index in [1.54, 1.807) is 28.8 Å². The summed E-state index contributed by atoms with van der Waals surface area (Å²) in [5.41, 5.74) is 1.78. The van der Waals surface area contributed by atoms with Gasteiger partial charge in [-0.1, -0.05) is 24.3 Å². The SMILES string of the molecule is O=S(=O)(c1cccnc1)N(Cc1cccc2cccnc12)C1CC1. The first-order valence-electron chi connectivity index (χ1n) is 7.91. The molecule has 1 saturated carbocycles. The molecule has 0 unspecified atom stereocenters. The van der Waals surface area contributed by atoms with Crippen LogP contribution >= 0.6 is 0 Å². The van der Waals surface area contributed by atoms with E-state index in [9.17, 15) is 8.42 Å². The molecule has 24 heavy (non-hydrogen) atoms. The Hall–Kier alpha value is -2.31. The molecule has 4 rings (SSSR count). The van der Waals surface area contributed by atoms with Gasteiger partial charge in [0, 0.05) is 36.6 Å². The fourth-order valence-corrected chi connectivity index (χ4v) is 4.50. The lowest BCUT2D eigenvalue weighted by Gasteiger charge is -2.22. The third kappa shape index (κ3) is 2.79. The van der Waals surface area contributed by atoms with Crippen molar-refractivity contribution in [3.63, 3.8) is 0 Å². The maximum absolute atomic E-state index is 13.0. The highest BCUT2D eigenvalue weighted by atomic mass is 32.2. The van der Waals surface area contributed by atoms with Gasteiger partial charge in [-0.05, 0) is 36.6 Å². The first-order valence-corrected chi connectivity index (χ1v) is 9.35. The highest BCUT2D eigenvalue weighted by Crippen LogP contribution is 2.34. The third-order valence-corrected chi connectivity index (χ3v) is 6.12. The molecule has 5 nitrogen and oxygen atoms in total.